The van der Waals surface area contributed by atoms with Crippen molar-refractivity contribution in [1.82, 2.24) is 24.7 Å². The second-order valence-electron chi connectivity index (χ2n) is 4.47. The van der Waals surface area contributed by atoms with Gasteiger partial charge in [-0.15, -0.1) is 0 Å². The van der Waals surface area contributed by atoms with Crippen molar-refractivity contribution in [2.45, 2.75) is 4.90 Å². The van der Waals surface area contributed by atoms with Crippen molar-refractivity contribution in [2.24, 2.45) is 0 Å². The van der Waals surface area contributed by atoms with Gasteiger partial charge in [0.1, 0.15) is 5.82 Å². The van der Waals surface area contributed by atoms with E-state index in [0.717, 1.165) is 4.68 Å². The van der Waals surface area contributed by atoms with Crippen LogP contribution in [0.5, 0.6) is 0 Å². The first-order valence-electron chi connectivity index (χ1n) is 6.27. The molecule has 0 aliphatic carbocycles. The van der Waals surface area contributed by atoms with Crippen molar-refractivity contribution < 1.29 is 13.0 Å². The summed E-state index contributed by atoms with van der Waals surface area (Å²) in [5.41, 5.74) is -0.0538. The monoisotopic (exact) mass is 367 g/mol. The van der Waals surface area contributed by atoms with Crippen molar-refractivity contribution in [3.05, 3.63) is 52.3 Å². The Morgan fingerprint density at radius 3 is 2.58 bits per heavy atom. The molecule has 0 spiro atoms. The van der Waals surface area contributed by atoms with E-state index in [1.54, 1.807) is 0 Å². The van der Waals surface area contributed by atoms with Gasteiger partial charge in [0, 0.05) is 6.07 Å². The molecule has 0 fully saturated rings. The average Bonchev–Trinajstić information content (AvgIpc) is 2.87. The first kappa shape index (κ1) is 16.1. The number of nitrogens with zero attached hydrogens (tertiary/aromatic N) is 4. The van der Waals surface area contributed by atoms with Crippen molar-refractivity contribution in [3.63, 3.8) is 0 Å². The van der Waals surface area contributed by atoms with Crippen LogP contribution in [0, 0.1) is 6.33 Å². The van der Waals surface area contributed by atoms with Crippen molar-refractivity contribution in [2.75, 3.05) is 5.32 Å². The zero-order valence-electron chi connectivity index (χ0n) is 11.6. The van der Waals surface area contributed by atoms with Crippen LogP contribution >= 0.6 is 11.6 Å². The van der Waals surface area contributed by atoms with E-state index in [-0.39, 0.29) is 21.9 Å². The molecule has 3 rings (SSSR count). The second-order valence-corrected chi connectivity index (χ2v) is 6.23. The predicted molar refractivity (Wildman–Crippen MR) is 83.2 cm³/mol. The quantitative estimate of drug-likeness (QED) is 0.574. The molecule has 123 valence electrons. The largest absolute Gasteiger partial charge is 0.309 e. The van der Waals surface area contributed by atoms with E-state index in [1.807, 2.05) is 0 Å². The standard InChI is InChI=1S/C12H8ClN6O4S/c13-11-14-6-15-12(17-11)16-9-5-10(20)19(18-9)7-1-3-8(4-2-7)24(21,22)23/h1-5,18H,(H,21,22,23)(H,14,15,16,17). The number of rotatable bonds is 4. The molecule has 3 N–H and O–H groups in total. The SMILES string of the molecule is O=c1cc(Nc2n[c]nc(Cl)n2)[nH]n1-c1ccc(S(=O)(=O)O)cc1. The highest BCUT2D eigenvalue weighted by atomic mass is 35.5. The zero-order chi connectivity index (χ0) is 17.3. The summed E-state index contributed by atoms with van der Waals surface area (Å²) in [6.07, 6.45) is 2.29. The molecule has 1 radical (unpaired) electrons. The summed E-state index contributed by atoms with van der Waals surface area (Å²) in [7, 11) is -4.30. The summed E-state index contributed by atoms with van der Waals surface area (Å²) in [4.78, 5) is 22.8. The van der Waals surface area contributed by atoms with Crippen LogP contribution in [-0.2, 0) is 10.1 Å². The number of benzene rings is 1. The van der Waals surface area contributed by atoms with Gasteiger partial charge in [0.25, 0.3) is 15.7 Å². The minimum Gasteiger partial charge on any atom is -0.309 e. The Bertz CT molecular complexity index is 1040. The summed E-state index contributed by atoms with van der Waals surface area (Å²) >= 11 is 5.61. The van der Waals surface area contributed by atoms with Gasteiger partial charge in [0.05, 0.1) is 10.6 Å². The molecular weight excluding hydrogens is 360 g/mol. The van der Waals surface area contributed by atoms with Gasteiger partial charge in [0.15, 0.2) is 0 Å². The molecule has 0 atom stereocenters. The van der Waals surface area contributed by atoms with Gasteiger partial charge < -0.3 is 5.32 Å². The molecule has 0 aliphatic rings. The summed E-state index contributed by atoms with van der Waals surface area (Å²) in [5.74, 6) is 0.361. The van der Waals surface area contributed by atoms with Crippen LogP contribution in [-0.4, -0.2) is 37.7 Å². The van der Waals surface area contributed by atoms with Gasteiger partial charge in [-0.25, -0.2) is 4.68 Å². The van der Waals surface area contributed by atoms with Crippen LogP contribution in [0.25, 0.3) is 5.69 Å². The summed E-state index contributed by atoms with van der Waals surface area (Å²) in [5, 5.41) is 5.41. The van der Waals surface area contributed by atoms with E-state index < -0.39 is 15.7 Å². The number of hydrogen-bond acceptors (Lipinski definition) is 7. The number of nitrogens with one attached hydrogen (secondary N) is 2. The number of aromatic amines is 1. The lowest BCUT2D eigenvalue weighted by Gasteiger charge is -2.04. The van der Waals surface area contributed by atoms with Crippen LogP contribution in [0.2, 0.25) is 5.28 Å². The van der Waals surface area contributed by atoms with Gasteiger partial charge in [0.2, 0.25) is 17.6 Å². The third-order valence-corrected chi connectivity index (χ3v) is 3.89. The molecule has 0 aliphatic heterocycles. The molecular formula is C12H8ClN6O4S. The van der Waals surface area contributed by atoms with Gasteiger partial charge in [-0.1, -0.05) is 0 Å². The molecule has 1 aromatic carbocycles. The molecule has 3 aromatic rings. The van der Waals surface area contributed by atoms with E-state index in [9.17, 15) is 13.2 Å². The lowest BCUT2D eigenvalue weighted by atomic mass is 10.3. The smallest absolute Gasteiger partial charge is 0.294 e. The Labute approximate surface area is 139 Å². The maximum atomic E-state index is 12.0. The minimum absolute atomic E-state index is 0.0601. The van der Waals surface area contributed by atoms with Crippen molar-refractivity contribution in [1.29, 1.82) is 0 Å². The fourth-order valence-corrected chi connectivity index (χ4v) is 2.44. The molecule has 0 saturated heterocycles. The van der Waals surface area contributed by atoms with E-state index >= 15 is 0 Å². The number of hydrogen-bond donors (Lipinski definition) is 3. The summed E-state index contributed by atoms with van der Waals surface area (Å²) in [6, 6.07) is 6.31. The molecule has 0 unspecified atom stereocenters. The first-order valence-corrected chi connectivity index (χ1v) is 8.09. The lowest BCUT2D eigenvalue weighted by Crippen LogP contribution is -2.13. The molecule has 0 saturated carbocycles. The number of aromatic nitrogens is 5. The van der Waals surface area contributed by atoms with E-state index in [0.29, 0.717) is 5.69 Å². The predicted octanol–water partition coefficient (Wildman–Crippen LogP) is 0.794. The number of anilines is 2. The van der Waals surface area contributed by atoms with E-state index in [1.165, 1.54) is 30.3 Å². The zero-order valence-corrected chi connectivity index (χ0v) is 13.2. The highest BCUT2D eigenvalue weighted by Crippen LogP contribution is 2.14. The summed E-state index contributed by atoms with van der Waals surface area (Å²) in [6.45, 7) is 0. The van der Waals surface area contributed by atoms with Crippen LogP contribution in [0.1, 0.15) is 0 Å². The number of halogens is 1. The Hall–Kier alpha value is -2.76. The maximum absolute atomic E-state index is 12.0. The Morgan fingerprint density at radius 1 is 1.25 bits per heavy atom. The van der Waals surface area contributed by atoms with Crippen molar-refractivity contribution in [3.8, 4) is 5.69 Å². The lowest BCUT2D eigenvalue weighted by molar-refractivity contribution is 0.483. The first-order chi connectivity index (χ1) is 11.3. The van der Waals surface area contributed by atoms with Crippen LogP contribution in [0.3, 0.4) is 0 Å². The van der Waals surface area contributed by atoms with E-state index in [2.05, 4.69) is 31.7 Å². The normalized spacial score (nSPS) is 11.4. The van der Waals surface area contributed by atoms with Gasteiger partial charge in [-0.05, 0) is 35.9 Å². The second kappa shape index (κ2) is 6.03. The molecule has 0 bridgehead atoms. The fourth-order valence-electron chi connectivity index (χ4n) is 1.85. The highest BCUT2D eigenvalue weighted by Gasteiger charge is 2.11. The van der Waals surface area contributed by atoms with Crippen molar-refractivity contribution >= 4 is 33.5 Å². The van der Waals surface area contributed by atoms with Gasteiger partial charge in [-0.2, -0.15) is 23.4 Å². The Kier molecular flexibility index (Phi) is 4.05. The summed E-state index contributed by atoms with van der Waals surface area (Å²) < 4.78 is 32.1. The number of H-pyrrole nitrogens is 1. The molecule has 0 amide bonds. The van der Waals surface area contributed by atoms with Crippen LogP contribution in [0.4, 0.5) is 11.8 Å². The molecule has 10 nitrogen and oxygen atoms in total. The Balaban J connectivity index is 1.90. The molecule has 2 heterocycles. The average molecular weight is 368 g/mol. The van der Waals surface area contributed by atoms with Crippen LogP contribution in [0.15, 0.2) is 40.0 Å². The third-order valence-electron chi connectivity index (χ3n) is 2.86. The molecule has 2 aromatic heterocycles. The van der Waals surface area contributed by atoms with Gasteiger partial charge in [-0.3, -0.25) is 14.4 Å². The third kappa shape index (κ3) is 3.42. The Morgan fingerprint density at radius 2 is 1.96 bits per heavy atom. The molecule has 12 heteroatoms. The maximum Gasteiger partial charge on any atom is 0.294 e. The van der Waals surface area contributed by atoms with E-state index in [4.69, 9.17) is 16.2 Å². The van der Waals surface area contributed by atoms with Gasteiger partial charge >= 0.3 is 0 Å². The highest BCUT2D eigenvalue weighted by molar-refractivity contribution is 7.85. The van der Waals surface area contributed by atoms with Crippen LogP contribution < -0.4 is 10.9 Å². The minimum atomic E-state index is -4.30. The fraction of sp³-hybridized carbons (Fsp3) is 0. The topological polar surface area (TPSA) is 143 Å². The molecule has 24 heavy (non-hydrogen) atoms.